The summed E-state index contributed by atoms with van der Waals surface area (Å²) in [5.74, 6) is 0. The van der Waals surface area contributed by atoms with Gasteiger partial charge in [0.1, 0.15) is 48.8 Å². The fourth-order valence-corrected chi connectivity index (χ4v) is 2.90. The van der Waals surface area contributed by atoms with Crippen molar-refractivity contribution >= 4 is 0 Å². The molecule has 2 aliphatic rings. The van der Waals surface area contributed by atoms with E-state index in [1.54, 1.807) is 0 Å². The lowest BCUT2D eigenvalue weighted by molar-refractivity contribution is -0.351. The molecule has 0 radical (unpaired) electrons. The molecule has 2 aliphatic heterocycles. The van der Waals surface area contributed by atoms with Crippen LogP contribution >= 0.6 is 0 Å². The van der Waals surface area contributed by atoms with E-state index in [1.165, 1.54) is 6.08 Å². The SMILES string of the molecule is C=CCO[C@@H]1[C@@H](O)[C@H](O[C@@H]2[C@@H](O)[C@@H](F)O[C@H](CO)[C@H]2O)O[C@H](CO)[C@H]1O. The van der Waals surface area contributed by atoms with Gasteiger partial charge in [0.2, 0.25) is 6.36 Å². The second-order valence-electron chi connectivity index (χ2n) is 6.08. The quantitative estimate of drug-likeness (QED) is 0.247. The summed E-state index contributed by atoms with van der Waals surface area (Å²) in [4.78, 5) is 0. The largest absolute Gasteiger partial charge is 0.394 e. The van der Waals surface area contributed by atoms with E-state index in [2.05, 4.69) is 11.3 Å². The molecule has 10 nitrogen and oxygen atoms in total. The van der Waals surface area contributed by atoms with Gasteiger partial charge in [0.15, 0.2) is 6.29 Å². The van der Waals surface area contributed by atoms with Crippen LogP contribution in [0, 0.1) is 0 Å². The van der Waals surface area contributed by atoms with Crippen molar-refractivity contribution in [1.82, 2.24) is 0 Å². The molecule has 0 unspecified atom stereocenters. The van der Waals surface area contributed by atoms with Gasteiger partial charge in [-0.05, 0) is 0 Å². The van der Waals surface area contributed by atoms with Crippen LogP contribution in [0.3, 0.4) is 0 Å². The minimum Gasteiger partial charge on any atom is -0.394 e. The standard InChI is InChI=1S/C15H25FO10/c1-2-3-23-12-8(19)7(5-18)25-15(11(12)22)26-13-9(20)6(4-17)24-14(16)10(13)21/h2,6-15,17-22H,1,3-5H2/t6-,7-,8-,9-,10-,11-,12+,13+,14+,15+/m1/s1. The van der Waals surface area contributed by atoms with Gasteiger partial charge in [-0.25, -0.2) is 4.39 Å². The topological polar surface area (TPSA) is 158 Å². The fourth-order valence-electron chi connectivity index (χ4n) is 2.90. The summed E-state index contributed by atoms with van der Waals surface area (Å²) in [5, 5.41) is 58.9. The van der Waals surface area contributed by atoms with Crippen molar-refractivity contribution in [3.05, 3.63) is 12.7 Å². The first kappa shape index (κ1) is 21.6. The average molecular weight is 384 g/mol. The molecule has 0 saturated carbocycles. The predicted molar refractivity (Wildman–Crippen MR) is 81.4 cm³/mol. The van der Waals surface area contributed by atoms with Gasteiger partial charge in [0.05, 0.1) is 19.8 Å². The summed E-state index contributed by atoms with van der Waals surface area (Å²) < 4.78 is 34.2. The number of ether oxygens (including phenoxy) is 4. The van der Waals surface area contributed by atoms with E-state index < -0.39 is 74.7 Å². The summed E-state index contributed by atoms with van der Waals surface area (Å²) in [7, 11) is 0. The number of hydrogen-bond acceptors (Lipinski definition) is 10. The molecule has 152 valence electrons. The molecule has 0 amide bonds. The van der Waals surface area contributed by atoms with Crippen LogP contribution in [0.2, 0.25) is 0 Å². The summed E-state index contributed by atoms with van der Waals surface area (Å²) >= 11 is 0. The molecule has 0 aromatic carbocycles. The summed E-state index contributed by atoms with van der Waals surface area (Å²) in [6.07, 6.45) is -14.3. The van der Waals surface area contributed by atoms with Crippen molar-refractivity contribution in [2.24, 2.45) is 0 Å². The number of halogens is 1. The number of aliphatic hydroxyl groups is 6. The molecule has 0 aliphatic carbocycles. The van der Waals surface area contributed by atoms with Crippen LogP contribution in [0.25, 0.3) is 0 Å². The number of alkyl halides is 1. The van der Waals surface area contributed by atoms with Gasteiger partial charge < -0.3 is 49.6 Å². The molecule has 2 rings (SSSR count). The van der Waals surface area contributed by atoms with Crippen LogP contribution in [-0.2, 0) is 18.9 Å². The molecule has 26 heavy (non-hydrogen) atoms. The molecule has 0 aromatic heterocycles. The molecule has 0 bridgehead atoms. The highest BCUT2D eigenvalue weighted by Crippen LogP contribution is 2.30. The summed E-state index contributed by atoms with van der Waals surface area (Å²) in [6, 6.07) is 0. The van der Waals surface area contributed by atoms with Crippen molar-refractivity contribution < 1.29 is 54.0 Å². The minimum atomic E-state index is -2.24. The Labute approximate surface area is 149 Å². The zero-order valence-electron chi connectivity index (χ0n) is 13.9. The third-order valence-electron chi connectivity index (χ3n) is 4.33. The lowest BCUT2D eigenvalue weighted by atomic mass is 9.97. The van der Waals surface area contributed by atoms with E-state index in [1.807, 2.05) is 0 Å². The number of rotatable bonds is 7. The van der Waals surface area contributed by atoms with Gasteiger partial charge in [-0.3, -0.25) is 0 Å². The predicted octanol–water partition coefficient (Wildman–Crippen LogP) is -3.21. The van der Waals surface area contributed by atoms with Gasteiger partial charge in [-0.1, -0.05) is 6.08 Å². The Balaban J connectivity index is 2.15. The molecule has 10 atom stereocenters. The van der Waals surface area contributed by atoms with E-state index >= 15 is 0 Å². The lowest BCUT2D eigenvalue weighted by Crippen LogP contribution is -2.64. The zero-order chi connectivity index (χ0) is 19.4. The third kappa shape index (κ3) is 4.39. The smallest absolute Gasteiger partial charge is 0.228 e. The van der Waals surface area contributed by atoms with Crippen LogP contribution in [-0.4, -0.2) is 112 Å². The van der Waals surface area contributed by atoms with E-state index in [0.717, 1.165) is 0 Å². The number of hydrogen-bond donors (Lipinski definition) is 6. The summed E-state index contributed by atoms with van der Waals surface area (Å²) in [5.41, 5.74) is 0. The van der Waals surface area contributed by atoms with Crippen molar-refractivity contribution in [2.45, 2.75) is 61.5 Å². The highest BCUT2D eigenvalue weighted by atomic mass is 19.1. The molecule has 6 N–H and O–H groups in total. The van der Waals surface area contributed by atoms with E-state index in [9.17, 15) is 29.9 Å². The van der Waals surface area contributed by atoms with Crippen LogP contribution < -0.4 is 0 Å². The first-order valence-corrected chi connectivity index (χ1v) is 8.12. The Bertz CT molecular complexity index is 454. The second kappa shape index (κ2) is 9.46. The lowest BCUT2D eigenvalue weighted by Gasteiger charge is -2.45. The first-order valence-electron chi connectivity index (χ1n) is 8.12. The highest BCUT2D eigenvalue weighted by molar-refractivity contribution is 4.94. The molecule has 2 saturated heterocycles. The van der Waals surface area contributed by atoms with Crippen molar-refractivity contribution in [2.75, 3.05) is 19.8 Å². The molecule has 2 fully saturated rings. The zero-order valence-corrected chi connectivity index (χ0v) is 13.9. The molecule has 0 spiro atoms. The van der Waals surface area contributed by atoms with Gasteiger partial charge in [0, 0.05) is 0 Å². The normalized spacial score (nSPS) is 46.9. The van der Waals surface area contributed by atoms with Gasteiger partial charge >= 0.3 is 0 Å². The van der Waals surface area contributed by atoms with E-state index in [-0.39, 0.29) is 6.61 Å². The summed E-state index contributed by atoms with van der Waals surface area (Å²) in [6.45, 7) is 2.06. The van der Waals surface area contributed by atoms with Gasteiger partial charge in [-0.2, -0.15) is 0 Å². The maximum atomic E-state index is 13.7. The first-order chi connectivity index (χ1) is 12.3. The van der Waals surface area contributed by atoms with Crippen LogP contribution in [0.5, 0.6) is 0 Å². The Hall–Kier alpha value is -0.730. The van der Waals surface area contributed by atoms with Gasteiger partial charge in [-0.15, -0.1) is 6.58 Å². The Morgan fingerprint density at radius 2 is 1.46 bits per heavy atom. The van der Waals surface area contributed by atoms with Gasteiger partial charge in [0.25, 0.3) is 0 Å². The van der Waals surface area contributed by atoms with Crippen LogP contribution in [0.15, 0.2) is 12.7 Å². The Morgan fingerprint density at radius 1 is 0.885 bits per heavy atom. The maximum Gasteiger partial charge on any atom is 0.228 e. The third-order valence-corrected chi connectivity index (χ3v) is 4.33. The van der Waals surface area contributed by atoms with E-state index in [0.29, 0.717) is 0 Å². The molecular formula is C15H25FO10. The Morgan fingerprint density at radius 3 is 2.04 bits per heavy atom. The van der Waals surface area contributed by atoms with Crippen molar-refractivity contribution in [3.8, 4) is 0 Å². The average Bonchev–Trinajstić information content (AvgIpc) is 2.63. The van der Waals surface area contributed by atoms with Crippen LogP contribution in [0.4, 0.5) is 4.39 Å². The minimum absolute atomic E-state index is 0.0225. The molecule has 0 aromatic rings. The van der Waals surface area contributed by atoms with Crippen molar-refractivity contribution in [1.29, 1.82) is 0 Å². The monoisotopic (exact) mass is 384 g/mol. The highest BCUT2D eigenvalue weighted by Gasteiger charge is 2.51. The molecule has 2 heterocycles. The maximum absolute atomic E-state index is 13.7. The second-order valence-corrected chi connectivity index (χ2v) is 6.08. The van der Waals surface area contributed by atoms with E-state index in [4.69, 9.17) is 19.3 Å². The van der Waals surface area contributed by atoms with Crippen LogP contribution in [0.1, 0.15) is 0 Å². The number of aliphatic hydroxyl groups excluding tert-OH is 6. The fraction of sp³-hybridized carbons (Fsp3) is 0.867. The Kier molecular flexibility index (Phi) is 7.85. The van der Waals surface area contributed by atoms with Crippen molar-refractivity contribution in [3.63, 3.8) is 0 Å². The molecule has 11 heteroatoms. The molecular weight excluding hydrogens is 359 g/mol.